The second-order valence-corrected chi connectivity index (χ2v) is 7.68. The second-order valence-electron chi connectivity index (χ2n) is 5.72. The normalized spacial score (nSPS) is 13.5. The van der Waals surface area contributed by atoms with Gasteiger partial charge in [0.25, 0.3) is 0 Å². The van der Waals surface area contributed by atoms with Crippen LogP contribution in [0, 0.1) is 0 Å². The SMILES string of the molecule is CC(=O)Nc1sc2c(c1-c1nc(-c3ccccc3)cs1)CCNC2. The van der Waals surface area contributed by atoms with Gasteiger partial charge in [-0.2, -0.15) is 0 Å². The van der Waals surface area contributed by atoms with Crippen LogP contribution in [0.1, 0.15) is 17.4 Å². The first kappa shape index (κ1) is 15.5. The Labute approximate surface area is 148 Å². The molecule has 0 radical (unpaired) electrons. The summed E-state index contributed by atoms with van der Waals surface area (Å²) in [6.07, 6.45) is 0.973. The quantitative estimate of drug-likeness (QED) is 0.742. The lowest BCUT2D eigenvalue weighted by Gasteiger charge is -2.13. The molecule has 0 bridgehead atoms. The molecule has 1 aromatic carbocycles. The largest absolute Gasteiger partial charge is 0.317 e. The summed E-state index contributed by atoms with van der Waals surface area (Å²) >= 11 is 3.30. The van der Waals surface area contributed by atoms with Gasteiger partial charge in [-0.1, -0.05) is 30.3 Å². The Balaban J connectivity index is 1.80. The van der Waals surface area contributed by atoms with Crippen LogP contribution in [-0.4, -0.2) is 17.4 Å². The van der Waals surface area contributed by atoms with E-state index in [1.165, 1.54) is 10.4 Å². The number of fused-ring (bicyclic) bond motifs is 1. The number of benzene rings is 1. The van der Waals surface area contributed by atoms with Gasteiger partial charge in [-0.15, -0.1) is 22.7 Å². The summed E-state index contributed by atoms with van der Waals surface area (Å²) in [5, 5.41) is 10.4. The topological polar surface area (TPSA) is 54.0 Å². The molecule has 2 N–H and O–H groups in total. The summed E-state index contributed by atoms with van der Waals surface area (Å²) in [6, 6.07) is 10.2. The molecule has 0 aliphatic carbocycles. The molecule has 0 fully saturated rings. The van der Waals surface area contributed by atoms with Crippen LogP contribution < -0.4 is 10.6 Å². The molecular formula is C18H17N3OS2. The zero-order valence-electron chi connectivity index (χ0n) is 13.3. The van der Waals surface area contributed by atoms with Gasteiger partial charge in [0.15, 0.2) is 0 Å². The van der Waals surface area contributed by atoms with Crippen LogP contribution in [0.4, 0.5) is 5.00 Å². The Hall–Kier alpha value is -2.02. The van der Waals surface area contributed by atoms with Crippen LogP contribution in [0.25, 0.3) is 21.8 Å². The number of carbonyl (C=O) groups is 1. The molecule has 0 unspecified atom stereocenters. The fourth-order valence-corrected chi connectivity index (χ4v) is 5.17. The number of hydrogen-bond donors (Lipinski definition) is 2. The maximum absolute atomic E-state index is 11.6. The summed E-state index contributed by atoms with van der Waals surface area (Å²) in [5.74, 6) is -0.0392. The standard InChI is InChI=1S/C18H17N3OS2/c1-11(22)20-18-16(13-7-8-19-9-15(13)24-18)17-21-14(10-23-17)12-5-3-2-4-6-12/h2-6,10,19H,7-9H2,1H3,(H,20,22). The molecule has 1 aliphatic rings. The number of anilines is 1. The van der Waals surface area contributed by atoms with Crippen molar-refractivity contribution in [2.75, 3.05) is 11.9 Å². The Morgan fingerprint density at radius 1 is 1.29 bits per heavy atom. The van der Waals surface area contributed by atoms with Crippen LogP contribution >= 0.6 is 22.7 Å². The second kappa shape index (κ2) is 6.47. The van der Waals surface area contributed by atoms with Gasteiger partial charge in [0.2, 0.25) is 5.91 Å². The molecule has 6 heteroatoms. The van der Waals surface area contributed by atoms with E-state index in [1.54, 1.807) is 29.6 Å². The first-order valence-corrected chi connectivity index (χ1v) is 9.56. The van der Waals surface area contributed by atoms with E-state index in [2.05, 4.69) is 28.1 Å². The van der Waals surface area contributed by atoms with Crippen molar-refractivity contribution >= 4 is 33.6 Å². The Kier molecular flexibility index (Phi) is 4.18. The predicted molar refractivity (Wildman–Crippen MR) is 101 cm³/mol. The molecular weight excluding hydrogens is 338 g/mol. The highest BCUT2D eigenvalue weighted by Gasteiger charge is 2.24. The molecule has 24 heavy (non-hydrogen) atoms. The monoisotopic (exact) mass is 355 g/mol. The molecule has 122 valence electrons. The molecule has 3 heterocycles. The van der Waals surface area contributed by atoms with E-state index in [1.807, 2.05) is 18.2 Å². The molecule has 2 aromatic heterocycles. The van der Waals surface area contributed by atoms with Crippen molar-refractivity contribution in [1.82, 2.24) is 10.3 Å². The highest BCUT2D eigenvalue weighted by Crippen LogP contribution is 2.44. The van der Waals surface area contributed by atoms with E-state index in [0.29, 0.717) is 0 Å². The number of hydrogen-bond acceptors (Lipinski definition) is 5. The van der Waals surface area contributed by atoms with Crippen molar-refractivity contribution in [2.45, 2.75) is 19.9 Å². The molecule has 0 saturated carbocycles. The Morgan fingerprint density at radius 3 is 2.92 bits per heavy atom. The molecule has 4 nitrogen and oxygen atoms in total. The van der Waals surface area contributed by atoms with Crippen LogP contribution in [0.3, 0.4) is 0 Å². The Bertz CT molecular complexity index is 883. The number of nitrogens with one attached hydrogen (secondary N) is 2. The molecule has 1 aliphatic heterocycles. The van der Waals surface area contributed by atoms with E-state index >= 15 is 0 Å². The average Bonchev–Trinajstić information content (AvgIpc) is 3.19. The van der Waals surface area contributed by atoms with Gasteiger partial charge in [-0.3, -0.25) is 4.79 Å². The van der Waals surface area contributed by atoms with Gasteiger partial charge >= 0.3 is 0 Å². The first-order valence-electron chi connectivity index (χ1n) is 7.86. The number of thiazole rings is 1. The van der Waals surface area contributed by atoms with Crippen LogP contribution in [-0.2, 0) is 17.8 Å². The maximum Gasteiger partial charge on any atom is 0.221 e. The summed E-state index contributed by atoms with van der Waals surface area (Å²) in [4.78, 5) is 17.8. The molecule has 0 saturated heterocycles. The lowest BCUT2D eigenvalue weighted by atomic mass is 10.0. The van der Waals surface area contributed by atoms with Crippen molar-refractivity contribution in [2.24, 2.45) is 0 Å². The highest BCUT2D eigenvalue weighted by atomic mass is 32.1. The van der Waals surface area contributed by atoms with Crippen molar-refractivity contribution in [3.63, 3.8) is 0 Å². The molecule has 3 aromatic rings. The summed E-state index contributed by atoms with van der Waals surface area (Å²) in [7, 11) is 0. The van der Waals surface area contributed by atoms with Gasteiger partial charge in [0.05, 0.1) is 5.69 Å². The fraction of sp³-hybridized carbons (Fsp3) is 0.222. The fourth-order valence-electron chi connectivity index (χ4n) is 2.94. The van der Waals surface area contributed by atoms with E-state index in [-0.39, 0.29) is 5.91 Å². The van der Waals surface area contributed by atoms with E-state index < -0.39 is 0 Å². The van der Waals surface area contributed by atoms with Gasteiger partial charge in [0, 0.05) is 34.9 Å². The first-order chi connectivity index (χ1) is 11.7. The van der Waals surface area contributed by atoms with Gasteiger partial charge in [-0.05, 0) is 18.5 Å². The third kappa shape index (κ3) is 2.88. The number of rotatable bonds is 3. The highest BCUT2D eigenvalue weighted by molar-refractivity contribution is 7.18. The van der Waals surface area contributed by atoms with Crippen molar-refractivity contribution in [3.05, 3.63) is 46.2 Å². The lowest BCUT2D eigenvalue weighted by molar-refractivity contribution is -0.114. The van der Waals surface area contributed by atoms with E-state index in [0.717, 1.165) is 46.3 Å². The molecule has 1 amide bonds. The van der Waals surface area contributed by atoms with Crippen molar-refractivity contribution in [3.8, 4) is 21.8 Å². The number of carbonyl (C=O) groups excluding carboxylic acids is 1. The number of nitrogens with zero attached hydrogens (tertiary/aromatic N) is 1. The lowest BCUT2D eigenvalue weighted by Crippen LogP contribution is -2.22. The molecule has 4 rings (SSSR count). The van der Waals surface area contributed by atoms with Crippen molar-refractivity contribution < 1.29 is 4.79 Å². The molecule has 0 atom stereocenters. The van der Waals surface area contributed by atoms with Crippen LogP contribution in [0.5, 0.6) is 0 Å². The molecule has 0 spiro atoms. The van der Waals surface area contributed by atoms with Crippen LogP contribution in [0.2, 0.25) is 0 Å². The van der Waals surface area contributed by atoms with Gasteiger partial charge in [0.1, 0.15) is 10.0 Å². The van der Waals surface area contributed by atoms with E-state index in [4.69, 9.17) is 4.98 Å². The van der Waals surface area contributed by atoms with E-state index in [9.17, 15) is 4.79 Å². The Morgan fingerprint density at radius 2 is 2.12 bits per heavy atom. The number of aromatic nitrogens is 1. The number of amides is 1. The summed E-state index contributed by atoms with van der Waals surface area (Å²) < 4.78 is 0. The smallest absolute Gasteiger partial charge is 0.221 e. The number of thiophene rings is 1. The third-order valence-corrected chi connectivity index (χ3v) is 6.01. The van der Waals surface area contributed by atoms with Gasteiger partial charge in [-0.25, -0.2) is 4.98 Å². The minimum absolute atomic E-state index is 0.0392. The zero-order valence-corrected chi connectivity index (χ0v) is 14.9. The summed E-state index contributed by atoms with van der Waals surface area (Å²) in [6.45, 7) is 3.38. The average molecular weight is 355 g/mol. The minimum Gasteiger partial charge on any atom is -0.317 e. The summed E-state index contributed by atoms with van der Waals surface area (Å²) in [5.41, 5.74) is 4.54. The maximum atomic E-state index is 11.6. The predicted octanol–water partition coefficient (Wildman–Crippen LogP) is 4.14. The minimum atomic E-state index is -0.0392. The van der Waals surface area contributed by atoms with Crippen LogP contribution in [0.15, 0.2) is 35.7 Å². The zero-order chi connectivity index (χ0) is 16.5. The van der Waals surface area contributed by atoms with Gasteiger partial charge < -0.3 is 10.6 Å². The van der Waals surface area contributed by atoms with Crippen molar-refractivity contribution in [1.29, 1.82) is 0 Å². The third-order valence-electron chi connectivity index (χ3n) is 4.01.